The summed E-state index contributed by atoms with van der Waals surface area (Å²) in [5.74, 6) is -0.205. The molecule has 0 amide bonds. The van der Waals surface area contributed by atoms with Gasteiger partial charge in [-0.15, -0.1) is 11.3 Å². The number of aliphatic imine (C=N–C) groups is 1. The summed E-state index contributed by atoms with van der Waals surface area (Å²) in [6.07, 6.45) is 0.0227. The summed E-state index contributed by atoms with van der Waals surface area (Å²) in [6.45, 7) is 0.152. The van der Waals surface area contributed by atoms with Crippen molar-refractivity contribution in [1.29, 1.82) is 0 Å². The van der Waals surface area contributed by atoms with Crippen LogP contribution >= 0.6 is 22.9 Å². The Hall–Kier alpha value is -2.75. The van der Waals surface area contributed by atoms with E-state index >= 15 is 0 Å². The maximum absolute atomic E-state index is 12.0. The van der Waals surface area contributed by atoms with Gasteiger partial charge in [0.1, 0.15) is 17.5 Å². The number of nitrogens with one attached hydrogen (secondary N) is 1. The zero-order valence-electron chi connectivity index (χ0n) is 15.5. The highest BCUT2D eigenvalue weighted by Gasteiger charge is 2.29. The lowest BCUT2D eigenvalue weighted by atomic mass is 10.2. The molecule has 7 nitrogen and oxygen atoms in total. The summed E-state index contributed by atoms with van der Waals surface area (Å²) in [5, 5.41) is 3.18. The van der Waals surface area contributed by atoms with E-state index in [0.29, 0.717) is 16.3 Å². The number of sulfonamides is 1. The number of esters is 1. The molecule has 3 aromatic rings. The first-order valence-electron chi connectivity index (χ1n) is 8.95. The number of fused-ring (bicyclic) bond motifs is 1. The Morgan fingerprint density at radius 2 is 1.87 bits per heavy atom. The fourth-order valence-electron chi connectivity index (χ4n) is 2.87. The number of halogens is 1. The molecule has 1 N–H and O–H groups in total. The van der Waals surface area contributed by atoms with Crippen LogP contribution in [-0.4, -0.2) is 31.8 Å². The number of nitrogens with zero attached hydrogens (tertiary/aromatic N) is 2. The van der Waals surface area contributed by atoms with Crippen LogP contribution < -0.4 is 4.72 Å². The SMILES string of the molecule is O=C(CCN=C1NS(=O)(=O)c2ccccc21)OCc1csc(-c2ccccc2Cl)n1. The molecule has 1 aliphatic heterocycles. The molecule has 0 saturated heterocycles. The molecule has 0 spiro atoms. The van der Waals surface area contributed by atoms with Crippen LogP contribution in [0, 0.1) is 0 Å². The highest BCUT2D eigenvalue weighted by molar-refractivity contribution is 7.90. The maximum atomic E-state index is 12.0. The van der Waals surface area contributed by atoms with Gasteiger partial charge in [-0.25, -0.2) is 13.4 Å². The predicted molar refractivity (Wildman–Crippen MR) is 115 cm³/mol. The molecular formula is C20H16ClN3O4S2. The van der Waals surface area contributed by atoms with E-state index in [4.69, 9.17) is 16.3 Å². The topological polar surface area (TPSA) is 97.7 Å². The molecule has 0 fully saturated rings. The maximum Gasteiger partial charge on any atom is 0.308 e. The Morgan fingerprint density at radius 3 is 2.67 bits per heavy atom. The second-order valence-corrected chi connectivity index (χ2v) is 9.28. The fourth-order valence-corrected chi connectivity index (χ4v) is 5.24. The van der Waals surface area contributed by atoms with Crippen LogP contribution in [0.4, 0.5) is 0 Å². The van der Waals surface area contributed by atoms with Crippen LogP contribution in [0.2, 0.25) is 5.02 Å². The van der Waals surface area contributed by atoms with Crippen molar-refractivity contribution in [3.8, 4) is 10.6 Å². The van der Waals surface area contributed by atoms with Crippen molar-refractivity contribution < 1.29 is 17.9 Å². The Balaban J connectivity index is 1.32. The van der Waals surface area contributed by atoms with E-state index in [1.807, 2.05) is 23.6 Å². The van der Waals surface area contributed by atoms with E-state index in [1.165, 1.54) is 17.4 Å². The minimum atomic E-state index is -3.59. The number of hydrogen-bond donors (Lipinski definition) is 1. The van der Waals surface area contributed by atoms with Crippen LogP contribution in [-0.2, 0) is 26.2 Å². The van der Waals surface area contributed by atoms with E-state index in [1.54, 1.807) is 24.3 Å². The number of aromatic nitrogens is 1. The molecule has 0 unspecified atom stereocenters. The average Bonchev–Trinajstić information content (AvgIpc) is 3.30. The first kappa shape index (κ1) is 20.5. The van der Waals surface area contributed by atoms with Gasteiger partial charge in [-0.05, 0) is 18.2 Å². The van der Waals surface area contributed by atoms with Crippen molar-refractivity contribution in [2.24, 2.45) is 4.99 Å². The lowest BCUT2D eigenvalue weighted by molar-refractivity contribution is -0.144. The van der Waals surface area contributed by atoms with Crippen molar-refractivity contribution in [3.05, 3.63) is 70.2 Å². The standard InChI is InChI=1S/C20H16ClN3O4S2/c21-16-7-3-1-5-14(16)20-23-13(12-29-20)11-28-18(25)9-10-22-19-15-6-2-4-8-17(15)30(26,27)24-19/h1-8,12H,9-11H2,(H,22,24). The van der Waals surface area contributed by atoms with Crippen LogP contribution in [0.5, 0.6) is 0 Å². The van der Waals surface area contributed by atoms with Gasteiger partial charge in [-0.3, -0.25) is 14.5 Å². The molecule has 0 bridgehead atoms. The third kappa shape index (κ3) is 4.38. The van der Waals surface area contributed by atoms with Crippen molar-refractivity contribution in [1.82, 2.24) is 9.71 Å². The van der Waals surface area contributed by atoms with Crippen molar-refractivity contribution in [3.63, 3.8) is 0 Å². The number of rotatable bonds is 6. The number of hydrogen-bond acceptors (Lipinski definition) is 7. The van der Waals surface area contributed by atoms with Crippen molar-refractivity contribution in [2.75, 3.05) is 6.54 Å². The minimum Gasteiger partial charge on any atom is -0.459 e. The third-order valence-electron chi connectivity index (χ3n) is 4.29. The second-order valence-electron chi connectivity index (χ2n) is 6.37. The van der Waals surface area contributed by atoms with Crippen molar-refractivity contribution in [2.45, 2.75) is 17.9 Å². The molecule has 0 atom stereocenters. The molecule has 30 heavy (non-hydrogen) atoms. The first-order valence-corrected chi connectivity index (χ1v) is 11.7. The van der Waals surface area contributed by atoms with Crippen LogP contribution in [0.1, 0.15) is 17.7 Å². The van der Waals surface area contributed by atoms with Gasteiger partial charge < -0.3 is 4.74 Å². The normalized spacial score (nSPS) is 15.6. The molecule has 1 aliphatic rings. The monoisotopic (exact) mass is 461 g/mol. The molecule has 2 heterocycles. The molecule has 2 aromatic carbocycles. The molecule has 154 valence electrons. The molecule has 10 heteroatoms. The van der Waals surface area contributed by atoms with Gasteiger partial charge in [0.15, 0.2) is 0 Å². The van der Waals surface area contributed by atoms with Gasteiger partial charge in [0.25, 0.3) is 10.0 Å². The molecule has 1 aromatic heterocycles. The first-order chi connectivity index (χ1) is 14.4. The van der Waals surface area contributed by atoms with Gasteiger partial charge in [0.2, 0.25) is 0 Å². The summed E-state index contributed by atoms with van der Waals surface area (Å²) >= 11 is 7.60. The molecule has 4 rings (SSSR count). The van der Waals surface area contributed by atoms with Gasteiger partial charge >= 0.3 is 5.97 Å². The minimum absolute atomic E-state index is 0.0227. The Bertz CT molecular complexity index is 1240. The lowest BCUT2D eigenvalue weighted by Gasteiger charge is -2.02. The highest BCUT2D eigenvalue weighted by atomic mass is 35.5. The summed E-state index contributed by atoms with van der Waals surface area (Å²) in [6, 6.07) is 14.0. The third-order valence-corrected chi connectivity index (χ3v) is 6.94. The Kier molecular flexibility index (Phi) is 5.85. The summed E-state index contributed by atoms with van der Waals surface area (Å²) in [4.78, 5) is 20.9. The Labute approximate surface area is 182 Å². The van der Waals surface area contributed by atoms with E-state index in [9.17, 15) is 13.2 Å². The van der Waals surface area contributed by atoms with E-state index in [-0.39, 0.29) is 30.3 Å². The van der Waals surface area contributed by atoms with Gasteiger partial charge in [0.05, 0.1) is 28.6 Å². The van der Waals surface area contributed by atoms with Gasteiger partial charge in [0, 0.05) is 16.5 Å². The van der Waals surface area contributed by atoms with Gasteiger partial charge in [-0.1, -0.05) is 41.9 Å². The number of ether oxygens (including phenoxy) is 1. The zero-order chi connectivity index (χ0) is 21.1. The quantitative estimate of drug-likeness (QED) is 0.565. The second kappa shape index (κ2) is 8.55. The van der Waals surface area contributed by atoms with E-state index in [0.717, 1.165) is 10.6 Å². The zero-order valence-corrected chi connectivity index (χ0v) is 17.9. The molecule has 0 radical (unpaired) electrons. The number of amidine groups is 1. The predicted octanol–water partition coefficient (Wildman–Crippen LogP) is 3.64. The Morgan fingerprint density at radius 1 is 1.13 bits per heavy atom. The van der Waals surface area contributed by atoms with E-state index < -0.39 is 16.0 Å². The molecule has 0 saturated carbocycles. The molecule has 0 aliphatic carbocycles. The van der Waals surface area contributed by atoms with Crippen LogP contribution in [0.25, 0.3) is 10.6 Å². The largest absolute Gasteiger partial charge is 0.459 e. The number of thiazole rings is 1. The van der Waals surface area contributed by atoms with E-state index in [2.05, 4.69) is 14.7 Å². The number of benzene rings is 2. The lowest BCUT2D eigenvalue weighted by Crippen LogP contribution is -2.22. The summed E-state index contributed by atoms with van der Waals surface area (Å²) in [7, 11) is -3.59. The van der Waals surface area contributed by atoms with Crippen LogP contribution in [0.3, 0.4) is 0 Å². The number of carbonyl (C=O) groups is 1. The highest BCUT2D eigenvalue weighted by Crippen LogP contribution is 2.30. The smallest absolute Gasteiger partial charge is 0.308 e. The summed E-state index contributed by atoms with van der Waals surface area (Å²) in [5.41, 5.74) is 1.96. The average molecular weight is 462 g/mol. The van der Waals surface area contributed by atoms with Crippen molar-refractivity contribution >= 4 is 44.8 Å². The summed E-state index contributed by atoms with van der Waals surface area (Å²) < 4.78 is 31.7. The number of carbonyl (C=O) groups excluding carboxylic acids is 1. The molecular weight excluding hydrogens is 446 g/mol. The van der Waals surface area contributed by atoms with Gasteiger partial charge in [-0.2, -0.15) is 0 Å². The fraction of sp³-hybridized carbons (Fsp3) is 0.150. The van der Waals surface area contributed by atoms with Crippen LogP contribution in [0.15, 0.2) is 63.8 Å².